The lowest BCUT2D eigenvalue weighted by molar-refractivity contribution is -0.131. The van der Waals surface area contributed by atoms with Crippen LogP contribution in [0.4, 0.5) is 5.69 Å². The van der Waals surface area contributed by atoms with Gasteiger partial charge in [-0.2, -0.15) is 4.31 Å². The summed E-state index contributed by atoms with van der Waals surface area (Å²) in [5.74, 6) is -0.482. The second kappa shape index (κ2) is 5.06. The zero-order chi connectivity index (χ0) is 15.0. The molecule has 6 nitrogen and oxygen atoms in total. The van der Waals surface area contributed by atoms with Crippen molar-refractivity contribution in [2.45, 2.75) is 25.1 Å². The average Bonchev–Trinajstić information content (AvgIpc) is 2.35. The van der Waals surface area contributed by atoms with E-state index in [1.165, 1.54) is 4.31 Å². The Morgan fingerprint density at radius 2 is 2.00 bits per heavy atom. The molecule has 1 aliphatic rings. The lowest BCUT2D eigenvalue weighted by Gasteiger charge is -2.39. The van der Waals surface area contributed by atoms with Crippen molar-refractivity contribution in [2.75, 3.05) is 18.8 Å². The quantitative estimate of drug-likeness (QED) is 0.785. The van der Waals surface area contributed by atoms with Crippen LogP contribution >= 0.6 is 0 Å². The molecule has 0 saturated carbocycles. The molecule has 20 heavy (non-hydrogen) atoms. The van der Waals surface area contributed by atoms with Crippen molar-refractivity contribution < 1.29 is 13.2 Å². The van der Waals surface area contributed by atoms with Crippen molar-refractivity contribution in [2.24, 2.45) is 0 Å². The fourth-order valence-corrected chi connectivity index (χ4v) is 4.27. The van der Waals surface area contributed by atoms with Gasteiger partial charge in [0.25, 0.3) is 0 Å². The highest BCUT2D eigenvalue weighted by Gasteiger charge is 2.44. The first-order chi connectivity index (χ1) is 9.25. The van der Waals surface area contributed by atoms with Crippen LogP contribution in [0.15, 0.2) is 24.3 Å². The standard InChI is InChI=1S/C13H19N3O3S/c1-13(2)12(17)15-7-8-16(13)20(18,19)9-10-5-3-4-6-11(10)14/h3-6H,7-9,14H2,1-2H3,(H,15,17). The number of benzene rings is 1. The summed E-state index contributed by atoms with van der Waals surface area (Å²) in [6.45, 7) is 3.81. The number of carbonyl (C=O) groups excluding carboxylic acids is 1. The van der Waals surface area contributed by atoms with Crippen LogP contribution in [0.25, 0.3) is 0 Å². The minimum absolute atomic E-state index is 0.198. The number of nitrogens with zero attached hydrogens (tertiary/aromatic N) is 1. The van der Waals surface area contributed by atoms with Gasteiger partial charge in [-0.3, -0.25) is 4.79 Å². The largest absolute Gasteiger partial charge is 0.398 e. The van der Waals surface area contributed by atoms with Gasteiger partial charge in [-0.25, -0.2) is 8.42 Å². The first kappa shape index (κ1) is 14.8. The van der Waals surface area contributed by atoms with E-state index in [4.69, 9.17) is 5.73 Å². The molecule has 1 aromatic carbocycles. The summed E-state index contributed by atoms with van der Waals surface area (Å²) in [7, 11) is -3.61. The van der Waals surface area contributed by atoms with E-state index in [0.29, 0.717) is 17.8 Å². The molecule has 3 N–H and O–H groups in total. The highest BCUT2D eigenvalue weighted by Crippen LogP contribution is 2.25. The molecule has 7 heteroatoms. The maximum absolute atomic E-state index is 12.6. The first-order valence-corrected chi connectivity index (χ1v) is 7.98. The van der Waals surface area contributed by atoms with Crippen LogP contribution in [0.2, 0.25) is 0 Å². The molecule has 0 aliphatic carbocycles. The summed E-state index contributed by atoms with van der Waals surface area (Å²) in [5.41, 5.74) is 5.70. The van der Waals surface area contributed by atoms with Gasteiger partial charge in [0.1, 0.15) is 5.54 Å². The maximum Gasteiger partial charge on any atom is 0.241 e. The van der Waals surface area contributed by atoms with Crippen LogP contribution < -0.4 is 11.1 Å². The maximum atomic E-state index is 12.6. The van der Waals surface area contributed by atoms with Crippen molar-refractivity contribution in [1.82, 2.24) is 9.62 Å². The van der Waals surface area contributed by atoms with Crippen LogP contribution in [-0.2, 0) is 20.6 Å². The Balaban J connectivity index is 2.31. The molecule has 2 rings (SSSR count). The molecule has 0 unspecified atom stereocenters. The van der Waals surface area contributed by atoms with Crippen LogP contribution in [0.3, 0.4) is 0 Å². The number of nitrogens with one attached hydrogen (secondary N) is 1. The third kappa shape index (κ3) is 2.64. The Morgan fingerprint density at radius 3 is 2.65 bits per heavy atom. The molecule has 0 spiro atoms. The van der Waals surface area contributed by atoms with Crippen molar-refractivity contribution >= 4 is 21.6 Å². The first-order valence-electron chi connectivity index (χ1n) is 6.37. The number of piperazine rings is 1. The van der Waals surface area contributed by atoms with Gasteiger partial charge in [0.2, 0.25) is 15.9 Å². The molecular formula is C13H19N3O3S. The smallest absolute Gasteiger partial charge is 0.241 e. The number of nitrogens with two attached hydrogens (primary N) is 1. The summed E-state index contributed by atoms with van der Waals surface area (Å²) in [6.07, 6.45) is 0. The van der Waals surface area contributed by atoms with Crippen LogP contribution in [0.5, 0.6) is 0 Å². The van der Waals surface area contributed by atoms with Gasteiger partial charge in [-0.15, -0.1) is 0 Å². The molecular weight excluding hydrogens is 278 g/mol. The van der Waals surface area contributed by atoms with E-state index in [0.717, 1.165) is 0 Å². The number of hydrogen-bond acceptors (Lipinski definition) is 4. The van der Waals surface area contributed by atoms with E-state index in [2.05, 4.69) is 5.32 Å². The highest BCUT2D eigenvalue weighted by atomic mass is 32.2. The Kier molecular flexibility index (Phi) is 3.75. The zero-order valence-corrected chi connectivity index (χ0v) is 12.4. The van der Waals surface area contributed by atoms with E-state index in [9.17, 15) is 13.2 Å². The van der Waals surface area contributed by atoms with Crippen LogP contribution in [0, 0.1) is 0 Å². The number of amides is 1. The second-order valence-electron chi connectivity index (χ2n) is 5.34. The SMILES string of the molecule is CC1(C)C(=O)NCCN1S(=O)(=O)Cc1ccccc1N. The Bertz CT molecular complexity index is 626. The fourth-order valence-electron chi connectivity index (χ4n) is 2.31. The van der Waals surface area contributed by atoms with E-state index in [-0.39, 0.29) is 18.2 Å². The summed E-state index contributed by atoms with van der Waals surface area (Å²) in [6, 6.07) is 6.85. The Labute approximate surface area is 119 Å². The van der Waals surface area contributed by atoms with Crippen molar-refractivity contribution in [1.29, 1.82) is 0 Å². The number of para-hydroxylation sites is 1. The lowest BCUT2D eigenvalue weighted by Crippen LogP contribution is -2.63. The van der Waals surface area contributed by atoms with Gasteiger partial charge in [0.15, 0.2) is 0 Å². The molecule has 110 valence electrons. The molecule has 0 bridgehead atoms. The molecule has 0 atom stereocenters. The predicted molar refractivity (Wildman–Crippen MR) is 77.3 cm³/mol. The molecule has 1 saturated heterocycles. The molecule has 1 aliphatic heterocycles. The number of anilines is 1. The highest BCUT2D eigenvalue weighted by molar-refractivity contribution is 7.88. The minimum atomic E-state index is -3.61. The van der Waals surface area contributed by atoms with Gasteiger partial charge >= 0.3 is 0 Å². The molecule has 0 aromatic heterocycles. The fraction of sp³-hybridized carbons (Fsp3) is 0.462. The van der Waals surface area contributed by atoms with Gasteiger partial charge in [-0.1, -0.05) is 18.2 Å². The molecule has 1 aromatic rings. The van der Waals surface area contributed by atoms with Crippen molar-refractivity contribution in [3.05, 3.63) is 29.8 Å². The summed E-state index contributed by atoms with van der Waals surface area (Å²) in [4.78, 5) is 11.9. The summed E-state index contributed by atoms with van der Waals surface area (Å²) >= 11 is 0. The molecule has 1 fully saturated rings. The number of sulfonamides is 1. The van der Waals surface area contributed by atoms with Crippen molar-refractivity contribution in [3.63, 3.8) is 0 Å². The van der Waals surface area contributed by atoms with E-state index in [1.807, 2.05) is 0 Å². The summed E-state index contributed by atoms with van der Waals surface area (Å²) in [5, 5.41) is 2.68. The third-order valence-electron chi connectivity index (χ3n) is 3.51. The number of carbonyl (C=O) groups is 1. The van der Waals surface area contributed by atoms with Gasteiger partial charge in [0, 0.05) is 18.8 Å². The second-order valence-corrected chi connectivity index (χ2v) is 7.24. The van der Waals surface area contributed by atoms with Crippen LogP contribution in [0.1, 0.15) is 19.4 Å². The summed E-state index contributed by atoms with van der Waals surface area (Å²) < 4.78 is 26.4. The third-order valence-corrected chi connectivity index (χ3v) is 5.49. The lowest BCUT2D eigenvalue weighted by atomic mass is 10.0. The number of nitrogen functional groups attached to an aromatic ring is 1. The minimum Gasteiger partial charge on any atom is -0.398 e. The predicted octanol–water partition coefficient (Wildman–Crippen LogP) is 0.309. The van der Waals surface area contributed by atoms with E-state index < -0.39 is 15.6 Å². The molecule has 1 amide bonds. The van der Waals surface area contributed by atoms with Crippen LogP contribution in [-0.4, -0.2) is 37.3 Å². The van der Waals surface area contributed by atoms with Gasteiger partial charge in [-0.05, 0) is 25.5 Å². The topological polar surface area (TPSA) is 92.5 Å². The van der Waals surface area contributed by atoms with Gasteiger partial charge in [0.05, 0.1) is 5.75 Å². The van der Waals surface area contributed by atoms with E-state index >= 15 is 0 Å². The monoisotopic (exact) mass is 297 g/mol. The van der Waals surface area contributed by atoms with E-state index in [1.54, 1.807) is 38.1 Å². The van der Waals surface area contributed by atoms with Gasteiger partial charge < -0.3 is 11.1 Å². The number of rotatable bonds is 3. The molecule has 1 heterocycles. The van der Waals surface area contributed by atoms with Crippen molar-refractivity contribution in [3.8, 4) is 0 Å². The number of hydrogen-bond donors (Lipinski definition) is 2. The Hall–Kier alpha value is -1.60. The molecule has 0 radical (unpaired) electrons. The Morgan fingerprint density at radius 1 is 1.35 bits per heavy atom. The normalized spacial score (nSPS) is 19.6. The zero-order valence-electron chi connectivity index (χ0n) is 11.6. The average molecular weight is 297 g/mol.